The van der Waals surface area contributed by atoms with Crippen molar-refractivity contribution in [3.63, 3.8) is 0 Å². The van der Waals surface area contributed by atoms with Gasteiger partial charge in [0.05, 0.1) is 9.12 Å². The summed E-state index contributed by atoms with van der Waals surface area (Å²) in [6.45, 7) is 6.48. The van der Waals surface area contributed by atoms with Gasteiger partial charge in [-0.05, 0) is 31.9 Å². The van der Waals surface area contributed by atoms with Crippen molar-refractivity contribution in [1.82, 2.24) is 4.98 Å². The minimum absolute atomic E-state index is 0.143. The molecule has 0 radical (unpaired) electrons. The second-order valence-corrected chi connectivity index (χ2v) is 6.07. The number of rotatable bonds is 2. The molecule has 0 aliphatic carbocycles. The number of alkyl halides is 1. The highest BCUT2D eigenvalue weighted by molar-refractivity contribution is 14.1. The molecule has 0 atom stereocenters. The SMILES string of the molecule is CCc1ccc(C(C)(C)I)nc1. The van der Waals surface area contributed by atoms with Gasteiger partial charge in [-0.1, -0.05) is 35.6 Å². The normalized spacial score (nSPS) is 11.7. The van der Waals surface area contributed by atoms with Crippen LogP contribution >= 0.6 is 22.6 Å². The van der Waals surface area contributed by atoms with Crippen LogP contribution in [0.1, 0.15) is 32.0 Å². The van der Waals surface area contributed by atoms with E-state index in [4.69, 9.17) is 0 Å². The van der Waals surface area contributed by atoms with Crippen molar-refractivity contribution >= 4 is 22.6 Å². The third-order valence-corrected chi connectivity index (χ3v) is 2.39. The fourth-order valence-corrected chi connectivity index (χ4v) is 1.30. The summed E-state index contributed by atoms with van der Waals surface area (Å²) in [6.07, 6.45) is 3.03. The first-order chi connectivity index (χ1) is 5.54. The van der Waals surface area contributed by atoms with Gasteiger partial charge in [0.2, 0.25) is 0 Å². The Morgan fingerprint density at radius 2 is 2.08 bits per heavy atom. The number of halogens is 1. The van der Waals surface area contributed by atoms with Crippen LogP contribution in [0, 0.1) is 0 Å². The first-order valence-corrected chi connectivity index (χ1v) is 5.26. The zero-order chi connectivity index (χ0) is 9.19. The largest absolute Gasteiger partial charge is 0.260 e. The van der Waals surface area contributed by atoms with E-state index in [1.54, 1.807) is 0 Å². The molecule has 0 unspecified atom stereocenters. The quantitative estimate of drug-likeness (QED) is 0.596. The molecule has 12 heavy (non-hydrogen) atoms. The molecule has 0 aromatic carbocycles. The van der Waals surface area contributed by atoms with Crippen LogP contribution in [0.3, 0.4) is 0 Å². The van der Waals surface area contributed by atoms with Gasteiger partial charge in [0.1, 0.15) is 0 Å². The highest BCUT2D eigenvalue weighted by Gasteiger charge is 2.16. The molecule has 0 N–H and O–H groups in total. The van der Waals surface area contributed by atoms with Crippen molar-refractivity contribution in [2.24, 2.45) is 0 Å². The highest BCUT2D eigenvalue weighted by Crippen LogP contribution is 2.28. The van der Waals surface area contributed by atoms with E-state index in [1.165, 1.54) is 5.56 Å². The molecule has 0 amide bonds. The molecule has 0 aliphatic heterocycles. The Hall–Kier alpha value is -0.120. The van der Waals surface area contributed by atoms with Gasteiger partial charge in [0, 0.05) is 6.20 Å². The maximum absolute atomic E-state index is 4.41. The molecule has 1 nitrogen and oxygen atoms in total. The molecular weight excluding hydrogens is 261 g/mol. The second kappa shape index (κ2) is 3.73. The van der Waals surface area contributed by atoms with Gasteiger partial charge < -0.3 is 0 Å². The average Bonchev–Trinajstić information content (AvgIpc) is 2.03. The predicted octanol–water partition coefficient (Wildman–Crippen LogP) is 3.31. The summed E-state index contributed by atoms with van der Waals surface area (Å²) in [5, 5.41) is 0. The molecule has 0 fully saturated rings. The van der Waals surface area contributed by atoms with Gasteiger partial charge in [-0.15, -0.1) is 0 Å². The lowest BCUT2D eigenvalue weighted by Gasteiger charge is -2.15. The maximum Gasteiger partial charge on any atom is 0.0586 e. The van der Waals surface area contributed by atoms with E-state index in [0.717, 1.165) is 12.1 Å². The molecule has 1 aromatic rings. The summed E-state index contributed by atoms with van der Waals surface area (Å²) in [6, 6.07) is 4.27. The summed E-state index contributed by atoms with van der Waals surface area (Å²) >= 11 is 2.40. The van der Waals surface area contributed by atoms with Crippen LogP contribution in [0.15, 0.2) is 18.3 Å². The van der Waals surface area contributed by atoms with Gasteiger partial charge in [0.25, 0.3) is 0 Å². The van der Waals surface area contributed by atoms with Crippen LogP contribution in [-0.4, -0.2) is 4.98 Å². The molecule has 0 aliphatic rings. The van der Waals surface area contributed by atoms with Crippen molar-refractivity contribution in [3.05, 3.63) is 29.6 Å². The molecule has 1 aromatic heterocycles. The lowest BCUT2D eigenvalue weighted by atomic mass is 10.1. The Bertz CT molecular complexity index is 246. The van der Waals surface area contributed by atoms with Gasteiger partial charge in [0.15, 0.2) is 0 Å². The molecule has 1 heterocycles. The van der Waals surface area contributed by atoms with Gasteiger partial charge in [-0.25, -0.2) is 0 Å². The van der Waals surface area contributed by atoms with E-state index in [-0.39, 0.29) is 3.42 Å². The van der Waals surface area contributed by atoms with E-state index in [0.29, 0.717) is 0 Å². The van der Waals surface area contributed by atoms with Gasteiger partial charge in [-0.3, -0.25) is 4.98 Å². The third-order valence-electron chi connectivity index (χ3n) is 1.84. The molecule has 66 valence electrons. The topological polar surface area (TPSA) is 12.9 Å². The fourth-order valence-electron chi connectivity index (χ4n) is 0.985. The van der Waals surface area contributed by atoms with Gasteiger partial charge >= 0.3 is 0 Å². The van der Waals surface area contributed by atoms with Crippen LogP contribution in [-0.2, 0) is 9.84 Å². The highest BCUT2D eigenvalue weighted by atomic mass is 127. The lowest BCUT2D eigenvalue weighted by Crippen LogP contribution is -2.08. The summed E-state index contributed by atoms with van der Waals surface area (Å²) in [4.78, 5) is 4.41. The maximum atomic E-state index is 4.41. The number of hydrogen-bond donors (Lipinski definition) is 0. The van der Waals surface area contributed by atoms with Crippen molar-refractivity contribution in [2.45, 2.75) is 30.6 Å². The van der Waals surface area contributed by atoms with Crippen molar-refractivity contribution < 1.29 is 0 Å². The van der Waals surface area contributed by atoms with E-state index in [2.05, 4.69) is 60.5 Å². The predicted molar refractivity (Wildman–Crippen MR) is 60.7 cm³/mol. The summed E-state index contributed by atoms with van der Waals surface area (Å²) in [5.74, 6) is 0. The first-order valence-electron chi connectivity index (χ1n) is 4.18. The average molecular weight is 275 g/mol. The Morgan fingerprint density at radius 1 is 1.42 bits per heavy atom. The smallest absolute Gasteiger partial charge is 0.0586 e. The van der Waals surface area contributed by atoms with Crippen LogP contribution in [0.4, 0.5) is 0 Å². The summed E-state index contributed by atoms with van der Waals surface area (Å²) in [7, 11) is 0. The van der Waals surface area contributed by atoms with Crippen molar-refractivity contribution in [3.8, 4) is 0 Å². The Morgan fingerprint density at radius 3 is 2.42 bits per heavy atom. The Kier molecular flexibility index (Phi) is 3.09. The summed E-state index contributed by atoms with van der Waals surface area (Å²) < 4.78 is 0.143. The molecule has 1 rings (SSSR count). The second-order valence-electron chi connectivity index (χ2n) is 3.38. The monoisotopic (exact) mass is 275 g/mol. The third kappa shape index (κ3) is 2.44. The first kappa shape index (κ1) is 9.96. The van der Waals surface area contributed by atoms with Crippen LogP contribution in [0.5, 0.6) is 0 Å². The standard InChI is InChI=1S/C10H14IN/c1-4-8-5-6-9(12-7-8)10(2,3)11/h5-7H,4H2,1-3H3. The van der Waals surface area contributed by atoms with Crippen molar-refractivity contribution in [2.75, 3.05) is 0 Å². The van der Waals surface area contributed by atoms with Crippen LogP contribution in [0.2, 0.25) is 0 Å². The van der Waals surface area contributed by atoms with Crippen molar-refractivity contribution in [1.29, 1.82) is 0 Å². The van der Waals surface area contributed by atoms with Crippen LogP contribution < -0.4 is 0 Å². The van der Waals surface area contributed by atoms with Crippen LogP contribution in [0.25, 0.3) is 0 Å². The fraction of sp³-hybridized carbons (Fsp3) is 0.500. The number of aryl methyl sites for hydroxylation is 1. The molecule has 0 saturated carbocycles. The van der Waals surface area contributed by atoms with E-state index in [1.807, 2.05) is 6.20 Å². The van der Waals surface area contributed by atoms with E-state index < -0.39 is 0 Å². The number of pyridine rings is 1. The number of hydrogen-bond acceptors (Lipinski definition) is 1. The molecule has 0 bridgehead atoms. The molecule has 2 heteroatoms. The molecule has 0 spiro atoms. The summed E-state index contributed by atoms with van der Waals surface area (Å²) in [5.41, 5.74) is 2.46. The Labute approximate surface area is 87.7 Å². The molecule has 0 saturated heterocycles. The minimum Gasteiger partial charge on any atom is -0.260 e. The number of nitrogens with zero attached hydrogens (tertiary/aromatic N) is 1. The zero-order valence-corrected chi connectivity index (χ0v) is 9.92. The molecular formula is C10H14IN. The van der Waals surface area contributed by atoms with Gasteiger partial charge in [-0.2, -0.15) is 0 Å². The van der Waals surface area contributed by atoms with E-state index >= 15 is 0 Å². The lowest BCUT2D eigenvalue weighted by molar-refractivity contribution is 0.784. The van der Waals surface area contributed by atoms with E-state index in [9.17, 15) is 0 Å². The zero-order valence-electron chi connectivity index (χ0n) is 7.76. The number of aromatic nitrogens is 1. The Balaban J connectivity index is 2.93. The minimum atomic E-state index is 0.143.